The molecule has 2 nitrogen and oxygen atoms in total. The Bertz CT molecular complexity index is 2620. The van der Waals surface area contributed by atoms with Crippen molar-refractivity contribution in [1.82, 2.24) is 0 Å². The zero-order valence-electron chi connectivity index (χ0n) is 28.4. The number of hydrogen-bond acceptors (Lipinski definition) is 2. The van der Waals surface area contributed by atoms with E-state index >= 15 is 0 Å². The maximum absolute atomic E-state index is 6.85. The number of rotatable bonds is 4. The zero-order chi connectivity index (χ0) is 34.3. The molecule has 8 aromatic carbocycles. The van der Waals surface area contributed by atoms with Gasteiger partial charge in [0.15, 0.2) is 8.07 Å². The zero-order valence-corrected chi connectivity index (χ0v) is 29.4. The number of nitrogens with one attached hydrogen (secondary N) is 1. The van der Waals surface area contributed by atoms with Gasteiger partial charge in [0.05, 0.1) is 5.41 Å². The average Bonchev–Trinajstić information content (AvgIpc) is 3.69. The molecule has 0 radical (unpaired) electrons. The van der Waals surface area contributed by atoms with E-state index in [0.29, 0.717) is 0 Å². The highest BCUT2D eigenvalue weighted by Crippen LogP contribution is 2.63. The van der Waals surface area contributed by atoms with Gasteiger partial charge < -0.3 is 10.1 Å². The van der Waals surface area contributed by atoms with E-state index < -0.39 is 8.07 Å². The largest absolute Gasteiger partial charge is 0.457 e. The summed E-state index contributed by atoms with van der Waals surface area (Å²) in [5.41, 5.74) is 12.2. The van der Waals surface area contributed by atoms with E-state index in [9.17, 15) is 0 Å². The lowest BCUT2D eigenvalue weighted by Gasteiger charge is -2.39. The Morgan fingerprint density at radius 2 is 0.923 bits per heavy atom. The third-order valence-electron chi connectivity index (χ3n) is 11.6. The van der Waals surface area contributed by atoms with Gasteiger partial charge in [-0.15, -0.1) is 0 Å². The van der Waals surface area contributed by atoms with E-state index in [0.717, 1.165) is 22.9 Å². The molecule has 3 heteroatoms. The molecule has 1 N–H and O–H groups in total. The van der Waals surface area contributed by atoms with Crippen LogP contribution in [0.15, 0.2) is 194 Å². The molecule has 0 amide bonds. The van der Waals surface area contributed by atoms with Crippen molar-refractivity contribution in [3.63, 3.8) is 0 Å². The SMILES string of the molecule is c1ccc([Si]2(c3ccccc3)c3ccccc3Oc3cc(Nc4cccc5c4-c4ccccc4C54c5ccccc5-c5ccccc54)ccc32)cc1. The third kappa shape index (κ3) is 3.78. The van der Waals surface area contributed by atoms with Gasteiger partial charge in [-0.3, -0.25) is 0 Å². The fraction of sp³-hybridized carbons (Fsp3) is 0.0204. The monoisotopic (exact) mass is 679 g/mol. The van der Waals surface area contributed by atoms with Crippen LogP contribution in [-0.4, -0.2) is 8.07 Å². The van der Waals surface area contributed by atoms with E-state index in [1.54, 1.807) is 0 Å². The van der Waals surface area contributed by atoms with E-state index in [1.165, 1.54) is 65.3 Å². The van der Waals surface area contributed by atoms with Gasteiger partial charge in [0.25, 0.3) is 0 Å². The van der Waals surface area contributed by atoms with E-state index in [2.05, 4.69) is 199 Å². The second-order valence-corrected chi connectivity index (χ2v) is 17.8. The normalized spacial score (nSPS) is 14.6. The second-order valence-electron chi connectivity index (χ2n) is 14.0. The minimum Gasteiger partial charge on any atom is -0.457 e. The highest BCUT2D eigenvalue weighted by Gasteiger charge is 2.52. The minimum atomic E-state index is -2.70. The van der Waals surface area contributed by atoms with Crippen LogP contribution in [0.2, 0.25) is 0 Å². The number of anilines is 2. The van der Waals surface area contributed by atoms with Crippen molar-refractivity contribution < 1.29 is 4.74 Å². The summed E-state index contributed by atoms with van der Waals surface area (Å²) in [4.78, 5) is 0. The van der Waals surface area contributed by atoms with Crippen molar-refractivity contribution in [2.75, 3.05) is 5.32 Å². The first-order valence-electron chi connectivity index (χ1n) is 18.0. The summed E-state index contributed by atoms with van der Waals surface area (Å²) in [6, 6.07) is 71.2. The topological polar surface area (TPSA) is 21.3 Å². The Morgan fingerprint density at radius 3 is 1.60 bits per heavy atom. The van der Waals surface area contributed by atoms with Gasteiger partial charge in [0, 0.05) is 23.0 Å². The van der Waals surface area contributed by atoms with Crippen molar-refractivity contribution in [2.24, 2.45) is 0 Å². The summed E-state index contributed by atoms with van der Waals surface area (Å²) < 4.78 is 6.85. The van der Waals surface area contributed by atoms with Crippen LogP contribution in [0.4, 0.5) is 11.4 Å². The van der Waals surface area contributed by atoms with Gasteiger partial charge >= 0.3 is 0 Å². The first kappa shape index (κ1) is 29.3. The summed E-state index contributed by atoms with van der Waals surface area (Å²) in [6.45, 7) is 0. The number of fused-ring (bicyclic) bond motifs is 12. The number of hydrogen-bond donors (Lipinski definition) is 1. The first-order chi connectivity index (χ1) is 25.8. The predicted octanol–water partition coefficient (Wildman–Crippen LogP) is 9.26. The number of benzene rings is 8. The standard InChI is InChI=1S/C49H33NOSi/c1-3-16-34(17-4-1)52(35-18-5-2-6-19-35)46-29-14-13-28-44(46)51-45-32-33(30-31-47(45)52)50-43-27-15-26-42-48(43)38-22-9-12-25-41(38)49(42)39-23-10-7-20-36(39)37-21-8-11-24-40(37)49/h1-32,50H. The van der Waals surface area contributed by atoms with Gasteiger partial charge in [-0.05, 0) is 77.9 Å². The predicted molar refractivity (Wildman–Crippen MR) is 216 cm³/mol. The van der Waals surface area contributed by atoms with E-state index in [-0.39, 0.29) is 5.41 Å². The van der Waals surface area contributed by atoms with Gasteiger partial charge in [-0.25, -0.2) is 0 Å². The lowest BCUT2D eigenvalue weighted by molar-refractivity contribution is 0.487. The average molecular weight is 680 g/mol. The Labute approximate surface area is 304 Å². The molecule has 52 heavy (non-hydrogen) atoms. The second kappa shape index (κ2) is 11.0. The molecule has 0 unspecified atom stereocenters. The van der Waals surface area contributed by atoms with Gasteiger partial charge in [0.1, 0.15) is 11.5 Å². The lowest BCUT2D eigenvalue weighted by Crippen LogP contribution is -2.76. The van der Waals surface area contributed by atoms with Crippen molar-refractivity contribution in [3.05, 3.63) is 216 Å². The van der Waals surface area contributed by atoms with Crippen molar-refractivity contribution in [1.29, 1.82) is 0 Å². The molecule has 2 aliphatic carbocycles. The summed E-state index contributed by atoms with van der Waals surface area (Å²) in [6.07, 6.45) is 0. The summed E-state index contributed by atoms with van der Waals surface area (Å²) in [7, 11) is -2.70. The molecule has 0 atom stereocenters. The van der Waals surface area contributed by atoms with Gasteiger partial charge in [-0.1, -0.05) is 170 Å². The van der Waals surface area contributed by atoms with Crippen molar-refractivity contribution in [3.8, 4) is 33.8 Å². The molecule has 0 saturated heterocycles. The van der Waals surface area contributed by atoms with Crippen molar-refractivity contribution in [2.45, 2.75) is 5.41 Å². The van der Waals surface area contributed by atoms with Crippen LogP contribution in [-0.2, 0) is 5.41 Å². The quantitative estimate of drug-likeness (QED) is 0.187. The Balaban J connectivity index is 1.10. The van der Waals surface area contributed by atoms with Gasteiger partial charge in [-0.2, -0.15) is 0 Å². The summed E-state index contributed by atoms with van der Waals surface area (Å²) in [5.74, 6) is 1.84. The van der Waals surface area contributed by atoms with E-state index in [4.69, 9.17) is 4.74 Å². The first-order valence-corrected chi connectivity index (χ1v) is 20.0. The summed E-state index contributed by atoms with van der Waals surface area (Å²) >= 11 is 0. The summed E-state index contributed by atoms with van der Waals surface area (Å²) in [5, 5.41) is 9.15. The lowest BCUT2D eigenvalue weighted by atomic mass is 9.70. The molecule has 244 valence electrons. The third-order valence-corrected chi connectivity index (χ3v) is 16.5. The van der Waals surface area contributed by atoms with Crippen LogP contribution in [0.1, 0.15) is 22.3 Å². The number of ether oxygens (including phenoxy) is 1. The maximum atomic E-state index is 6.85. The molecular weight excluding hydrogens is 647 g/mol. The fourth-order valence-corrected chi connectivity index (χ4v) is 14.6. The Kier molecular flexibility index (Phi) is 6.22. The smallest absolute Gasteiger partial charge is 0.188 e. The molecule has 0 aromatic heterocycles. The molecule has 1 heterocycles. The van der Waals surface area contributed by atoms with Crippen LogP contribution in [0.5, 0.6) is 11.5 Å². The molecule has 0 bridgehead atoms. The molecule has 1 spiro atoms. The van der Waals surface area contributed by atoms with E-state index in [1.807, 2.05) is 0 Å². The van der Waals surface area contributed by atoms with Crippen LogP contribution in [0, 0.1) is 0 Å². The molecule has 11 rings (SSSR count). The van der Waals surface area contributed by atoms with Crippen LogP contribution in [0.3, 0.4) is 0 Å². The molecule has 0 saturated carbocycles. The van der Waals surface area contributed by atoms with Crippen molar-refractivity contribution >= 4 is 40.2 Å². The minimum absolute atomic E-state index is 0.379. The molecule has 1 aliphatic heterocycles. The fourth-order valence-electron chi connectivity index (χ4n) is 9.69. The molecule has 0 fully saturated rings. The number of para-hydroxylation sites is 1. The Morgan fingerprint density at radius 1 is 0.404 bits per heavy atom. The maximum Gasteiger partial charge on any atom is 0.188 e. The highest BCUT2D eigenvalue weighted by molar-refractivity contribution is 7.20. The Hall–Kier alpha value is -6.42. The molecule has 3 aliphatic rings. The van der Waals surface area contributed by atoms with Crippen LogP contribution in [0.25, 0.3) is 22.3 Å². The molecule has 8 aromatic rings. The van der Waals surface area contributed by atoms with Crippen LogP contribution < -0.4 is 30.8 Å². The highest BCUT2D eigenvalue weighted by atomic mass is 28.3. The van der Waals surface area contributed by atoms with Gasteiger partial charge in [0.2, 0.25) is 0 Å². The van der Waals surface area contributed by atoms with Crippen LogP contribution >= 0.6 is 0 Å². The molecular formula is C49H33NOSi.